The molecule has 4 atom stereocenters. The van der Waals surface area contributed by atoms with Crippen molar-refractivity contribution in [3.63, 3.8) is 0 Å². The highest BCUT2D eigenvalue weighted by atomic mass is 16.6. The van der Waals surface area contributed by atoms with Gasteiger partial charge in [0.2, 0.25) is 0 Å². The lowest BCUT2D eigenvalue weighted by Gasteiger charge is -2.47. The number of likely N-dealkylation sites (N-methyl/N-ethyl adjacent to an activating group) is 1. The molecule has 1 heterocycles. The minimum Gasteiger partial charge on any atom is -0.492 e. The van der Waals surface area contributed by atoms with E-state index in [4.69, 9.17) is 23.7 Å². The number of benzene rings is 1. The molecule has 1 saturated carbocycles. The molecule has 1 unspecified atom stereocenters. The number of nitrogens with zero attached hydrogens (tertiary/aromatic N) is 1. The minimum atomic E-state index is -0.469. The van der Waals surface area contributed by atoms with Crippen LogP contribution in [-0.2, 0) is 23.7 Å². The number of hydrogen-bond donors (Lipinski definition) is 0. The molecule has 1 aromatic carbocycles. The van der Waals surface area contributed by atoms with Crippen LogP contribution in [0.25, 0.3) is 6.08 Å². The van der Waals surface area contributed by atoms with Crippen molar-refractivity contribution in [3.05, 3.63) is 35.9 Å². The van der Waals surface area contributed by atoms with Gasteiger partial charge in [0.1, 0.15) is 24.6 Å². The number of hydrogen-bond acceptors (Lipinski definition) is 7. The molecule has 7 heteroatoms. The molecule has 0 amide bonds. The zero-order valence-corrected chi connectivity index (χ0v) is 23.1. The zero-order valence-electron chi connectivity index (χ0n) is 23.1. The summed E-state index contributed by atoms with van der Waals surface area (Å²) in [5, 5.41) is 0. The van der Waals surface area contributed by atoms with Crippen LogP contribution in [0.1, 0.15) is 52.5 Å². The second-order valence-electron chi connectivity index (χ2n) is 11.2. The quantitative estimate of drug-likeness (QED) is 0.222. The SMILES string of the molecule is CO[C@H]1[C@H](C(C)(C)OCCC(C)C)C2(CC[C@H]1OC(=O)/C=C/c1ccc(OCCN(C)C)cc1)CO2. The summed E-state index contributed by atoms with van der Waals surface area (Å²) in [5.41, 5.74) is 0.183. The lowest BCUT2D eigenvalue weighted by molar-refractivity contribution is -0.191. The maximum atomic E-state index is 12.7. The maximum absolute atomic E-state index is 12.7. The fourth-order valence-electron chi connectivity index (χ4n) is 5.10. The van der Waals surface area contributed by atoms with Crippen LogP contribution in [0.5, 0.6) is 5.75 Å². The smallest absolute Gasteiger partial charge is 0.331 e. The fraction of sp³-hybridized carbons (Fsp3) is 0.690. The Bertz CT molecular complexity index is 859. The summed E-state index contributed by atoms with van der Waals surface area (Å²) in [4.78, 5) is 14.8. The summed E-state index contributed by atoms with van der Waals surface area (Å²) in [6.45, 7) is 11.5. The van der Waals surface area contributed by atoms with Crippen LogP contribution in [0.3, 0.4) is 0 Å². The molecular weight excluding hydrogens is 458 g/mol. The molecule has 1 aromatic rings. The number of esters is 1. The van der Waals surface area contributed by atoms with E-state index in [0.717, 1.165) is 30.7 Å². The zero-order chi connectivity index (χ0) is 26.3. The van der Waals surface area contributed by atoms with Gasteiger partial charge < -0.3 is 28.6 Å². The van der Waals surface area contributed by atoms with E-state index in [9.17, 15) is 4.79 Å². The first kappa shape index (κ1) is 28.6. The Morgan fingerprint density at radius 3 is 2.50 bits per heavy atom. The normalized spacial score (nSPS) is 26.2. The maximum Gasteiger partial charge on any atom is 0.331 e. The lowest BCUT2D eigenvalue weighted by atomic mass is 9.68. The van der Waals surface area contributed by atoms with Crippen LogP contribution in [0.15, 0.2) is 30.3 Å². The molecule has 7 nitrogen and oxygen atoms in total. The summed E-state index contributed by atoms with van der Waals surface area (Å²) >= 11 is 0. The molecule has 202 valence electrons. The first-order valence-electron chi connectivity index (χ1n) is 13.1. The van der Waals surface area contributed by atoms with Crippen LogP contribution in [0.2, 0.25) is 0 Å². The first-order chi connectivity index (χ1) is 17.1. The van der Waals surface area contributed by atoms with Crippen molar-refractivity contribution in [1.29, 1.82) is 0 Å². The average Bonchev–Trinajstić information content (AvgIpc) is 3.58. The third-order valence-corrected chi connectivity index (χ3v) is 7.19. The van der Waals surface area contributed by atoms with Crippen LogP contribution in [-0.4, -0.2) is 81.8 Å². The van der Waals surface area contributed by atoms with Crippen molar-refractivity contribution in [2.24, 2.45) is 11.8 Å². The van der Waals surface area contributed by atoms with Gasteiger partial charge in [-0.1, -0.05) is 26.0 Å². The van der Waals surface area contributed by atoms with Gasteiger partial charge in [0.05, 0.1) is 17.8 Å². The van der Waals surface area contributed by atoms with Crippen LogP contribution < -0.4 is 4.74 Å². The topological polar surface area (TPSA) is 69.8 Å². The van der Waals surface area contributed by atoms with E-state index >= 15 is 0 Å². The molecule has 0 radical (unpaired) electrons. The Morgan fingerprint density at radius 2 is 1.92 bits per heavy atom. The Balaban J connectivity index is 1.59. The molecule has 1 saturated heterocycles. The van der Waals surface area contributed by atoms with Crippen LogP contribution in [0.4, 0.5) is 0 Å². The fourth-order valence-corrected chi connectivity index (χ4v) is 5.10. The monoisotopic (exact) mass is 503 g/mol. The summed E-state index contributed by atoms with van der Waals surface area (Å²) in [7, 11) is 5.71. The van der Waals surface area contributed by atoms with E-state index < -0.39 is 5.60 Å². The number of epoxide rings is 1. The number of carbonyl (C=O) groups is 1. The molecule has 1 spiro atoms. The van der Waals surface area contributed by atoms with Gasteiger partial charge in [0.15, 0.2) is 0 Å². The molecule has 36 heavy (non-hydrogen) atoms. The second kappa shape index (κ2) is 12.5. The standard InChI is InChI=1S/C29H45NO6/c1-21(2)15-18-34-28(3,4)27-26(32-7)24(14-16-29(27)20-35-29)36-25(31)13-10-22-8-11-23(12-9-22)33-19-17-30(5)6/h8-13,21,24,26-27H,14-20H2,1-7H3/b13-10+/t24-,26-,27-,29?/m1/s1. The van der Waals surface area contributed by atoms with E-state index in [1.165, 1.54) is 6.08 Å². The highest BCUT2D eigenvalue weighted by molar-refractivity contribution is 5.87. The van der Waals surface area contributed by atoms with Gasteiger partial charge in [-0.2, -0.15) is 0 Å². The van der Waals surface area contributed by atoms with E-state index in [2.05, 4.69) is 32.6 Å². The number of ether oxygens (including phenoxy) is 5. The number of methoxy groups -OCH3 is 1. The van der Waals surface area contributed by atoms with E-state index in [0.29, 0.717) is 32.2 Å². The molecule has 0 N–H and O–H groups in total. The van der Waals surface area contributed by atoms with Gasteiger partial charge in [0, 0.05) is 32.3 Å². The van der Waals surface area contributed by atoms with Crippen LogP contribution >= 0.6 is 0 Å². The van der Waals surface area contributed by atoms with Gasteiger partial charge in [0.25, 0.3) is 0 Å². The predicted molar refractivity (Wildman–Crippen MR) is 141 cm³/mol. The summed E-state index contributed by atoms with van der Waals surface area (Å²) in [6.07, 6.45) is 5.11. The summed E-state index contributed by atoms with van der Waals surface area (Å²) in [5.74, 6) is 0.974. The Hall–Kier alpha value is -1.93. The highest BCUT2D eigenvalue weighted by Crippen LogP contribution is 2.52. The third kappa shape index (κ3) is 7.78. The molecule has 0 bridgehead atoms. The molecule has 1 aliphatic heterocycles. The third-order valence-electron chi connectivity index (χ3n) is 7.19. The molecule has 2 fully saturated rings. The van der Waals surface area contributed by atoms with E-state index in [-0.39, 0.29) is 29.7 Å². The second-order valence-corrected chi connectivity index (χ2v) is 11.2. The first-order valence-corrected chi connectivity index (χ1v) is 13.1. The van der Waals surface area contributed by atoms with Gasteiger partial charge >= 0.3 is 5.97 Å². The Morgan fingerprint density at radius 1 is 1.22 bits per heavy atom. The van der Waals surface area contributed by atoms with Gasteiger partial charge in [-0.25, -0.2) is 4.79 Å². The Kier molecular flexibility index (Phi) is 9.98. The van der Waals surface area contributed by atoms with Crippen molar-refractivity contribution in [2.45, 2.75) is 70.4 Å². The van der Waals surface area contributed by atoms with Crippen molar-refractivity contribution in [1.82, 2.24) is 4.90 Å². The average molecular weight is 504 g/mol. The number of carbonyl (C=O) groups excluding carboxylic acids is 1. The molecule has 1 aliphatic carbocycles. The van der Waals surface area contributed by atoms with Crippen molar-refractivity contribution in [2.75, 3.05) is 47.6 Å². The van der Waals surface area contributed by atoms with Crippen molar-refractivity contribution >= 4 is 12.0 Å². The van der Waals surface area contributed by atoms with Crippen molar-refractivity contribution < 1.29 is 28.5 Å². The molecule has 2 aliphatic rings. The van der Waals surface area contributed by atoms with Crippen molar-refractivity contribution in [3.8, 4) is 5.75 Å². The van der Waals surface area contributed by atoms with Gasteiger partial charge in [-0.05, 0) is 76.9 Å². The Labute approximate surface area is 217 Å². The predicted octanol–water partition coefficient (Wildman–Crippen LogP) is 4.59. The summed E-state index contributed by atoms with van der Waals surface area (Å²) in [6, 6.07) is 7.66. The molecular formula is C29H45NO6. The minimum absolute atomic E-state index is 0.0299. The molecule has 0 aromatic heterocycles. The van der Waals surface area contributed by atoms with Crippen LogP contribution in [0, 0.1) is 11.8 Å². The van der Waals surface area contributed by atoms with E-state index in [1.807, 2.05) is 38.4 Å². The molecule has 3 rings (SSSR count). The highest BCUT2D eigenvalue weighted by Gasteiger charge is 2.64. The van der Waals surface area contributed by atoms with Gasteiger partial charge in [-0.15, -0.1) is 0 Å². The number of rotatable bonds is 13. The van der Waals surface area contributed by atoms with Gasteiger partial charge in [-0.3, -0.25) is 0 Å². The largest absolute Gasteiger partial charge is 0.492 e. The summed E-state index contributed by atoms with van der Waals surface area (Å²) < 4.78 is 29.9. The van der Waals surface area contributed by atoms with E-state index in [1.54, 1.807) is 13.2 Å². The lowest BCUT2D eigenvalue weighted by Crippen LogP contribution is -2.58.